The second-order valence-electron chi connectivity index (χ2n) is 3.19. The number of halogens is 3. The summed E-state index contributed by atoms with van der Waals surface area (Å²) in [6.07, 6.45) is 0. The van der Waals surface area contributed by atoms with Crippen LogP contribution in [0.1, 0.15) is 17.3 Å². The predicted molar refractivity (Wildman–Crippen MR) is 57.1 cm³/mol. The molecule has 5 heteroatoms. The van der Waals surface area contributed by atoms with Crippen molar-refractivity contribution in [2.45, 2.75) is 13.0 Å². The van der Waals surface area contributed by atoms with Gasteiger partial charge >= 0.3 is 0 Å². The molecule has 0 radical (unpaired) electrons. The summed E-state index contributed by atoms with van der Waals surface area (Å²) >= 11 is 3.18. The summed E-state index contributed by atoms with van der Waals surface area (Å²) in [5.41, 5.74) is -0.0136. The van der Waals surface area contributed by atoms with Crippen molar-refractivity contribution in [2.24, 2.45) is 0 Å². The molecule has 0 aliphatic heterocycles. The highest BCUT2D eigenvalue weighted by molar-refractivity contribution is 9.09. The maximum atomic E-state index is 12.8. The van der Waals surface area contributed by atoms with Crippen LogP contribution in [0.25, 0.3) is 0 Å². The Morgan fingerprint density at radius 3 is 2.40 bits per heavy atom. The van der Waals surface area contributed by atoms with Gasteiger partial charge in [-0.2, -0.15) is 0 Å². The number of nitrogens with one attached hydrogen (secondary N) is 1. The van der Waals surface area contributed by atoms with Crippen LogP contribution in [0.2, 0.25) is 0 Å². The standard InChI is InChI=1S/C10H10BrF2NO/c1-6(5-11)14-10(15)7-2-8(12)4-9(13)3-7/h2-4,6H,5H2,1H3,(H,14,15). The van der Waals surface area contributed by atoms with Gasteiger partial charge in [0.05, 0.1) is 0 Å². The van der Waals surface area contributed by atoms with Crippen molar-refractivity contribution >= 4 is 21.8 Å². The van der Waals surface area contributed by atoms with Crippen LogP contribution in [0.4, 0.5) is 8.78 Å². The van der Waals surface area contributed by atoms with Crippen LogP contribution in [0, 0.1) is 11.6 Å². The van der Waals surface area contributed by atoms with Crippen LogP contribution in [0.15, 0.2) is 18.2 Å². The maximum Gasteiger partial charge on any atom is 0.251 e. The molecule has 1 N–H and O–H groups in total. The SMILES string of the molecule is CC(CBr)NC(=O)c1cc(F)cc(F)c1. The molecule has 1 aromatic carbocycles. The monoisotopic (exact) mass is 277 g/mol. The fourth-order valence-corrected chi connectivity index (χ4v) is 1.19. The van der Waals surface area contributed by atoms with Gasteiger partial charge in [0.2, 0.25) is 0 Å². The molecular formula is C10H10BrF2NO. The van der Waals surface area contributed by atoms with Gasteiger partial charge in [-0.05, 0) is 19.1 Å². The molecule has 0 spiro atoms. The van der Waals surface area contributed by atoms with Gasteiger partial charge < -0.3 is 5.32 Å². The fourth-order valence-electron chi connectivity index (χ4n) is 1.03. The Morgan fingerprint density at radius 1 is 1.40 bits per heavy atom. The second kappa shape index (κ2) is 5.21. The molecule has 1 atom stereocenters. The molecule has 0 bridgehead atoms. The van der Waals surface area contributed by atoms with Crippen LogP contribution in [0.5, 0.6) is 0 Å². The highest BCUT2D eigenvalue weighted by atomic mass is 79.9. The summed E-state index contributed by atoms with van der Waals surface area (Å²) in [5, 5.41) is 3.16. The number of benzene rings is 1. The third kappa shape index (κ3) is 3.58. The molecule has 15 heavy (non-hydrogen) atoms. The van der Waals surface area contributed by atoms with Crippen LogP contribution in [0.3, 0.4) is 0 Å². The first-order chi connectivity index (χ1) is 7.02. The molecule has 0 aliphatic rings. The second-order valence-corrected chi connectivity index (χ2v) is 3.83. The van der Waals surface area contributed by atoms with Crippen LogP contribution in [-0.2, 0) is 0 Å². The van der Waals surface area contributed by atoms with E-state index in [-0.39, 0.29) is 11.6 Å². The minimum absolute atomic E-state index is 0.0136. The predicted octanol–water partition coefficient (Wildman–Crippen LogP) is 2.48. The van der Waals surface area contributed by atoms with Gasteiger partial charge in [0.25, 0.3) is 5.91 Å². The van der Waals surface area contributed by atoms with E-state index in [1.807, 2.05) is 0 Å². The average Bonchev–Trinajstić information content (AvgIpc) is 2.16. The molecule has 2 nitrogen and oxygen atoms in total. The van der Waals surface area contributed by atoms with Gasteiger partial charge in [0.15, 0.2) is 0 Å². The number of hydrogen-bond acceptors (Lipinski definition) is 1. The first kappa shape index (κ1) is 12.1. The van der Waals surface area contributed by atoms with Crippen molar-refractivity contribution in [3.8, 4) is 0 Å². The smallest absolute Gasteiger partial charge is 0.251 e. The zero-order valence-electron chi connectivity index (χ0n) is 8.06. The Hall–Kier alpha value is -0.970. The molecule has 1 aromatic rings. The molecule has 1 rings (SSSR count). The highest BCUT2D eigenvalue weighted by Gasteiger charge is 2.11. The third-order valence-electron chi connectivity index (χ3n) is 1.73. The highest BCUT2D eigenvalue weighted by Crippen LogP contribution is 2.08. The molecule has 82 valence electrons. The largest absolute Gasteiger partial charge is 0.349 e. The Kier molecular flexibility index (Phi) is 4.20. The molecule has 0 aliphatic carbocycles. The van der Waals surface area contributed by atoms with Crippen molar-refractivity contribution in [3.63, 3.8) is 0 Å². The van der Waals surface area contributed by atoms with E-state index < -0.39 is 17.5 Å². The van der Waals surface area contributed by atoms with Gasteiger partial charge in [-0.25, -0.2) is 8.78 Å². The summed E-state index contributed by atoms with van der Waals surface area (Å²) in [7, 11) is 0. The molecular weight excluding hydrogens is 268 g/mol. The molecule has 0 saturated carbocycles. The van der Waals surface area contributed by atoms with Crippen molar-refractivity contribution in [1.29, 1.82) is 0 Å². The lowest BCUT2D eigenvalue weighted by Gasteiger charge is -2.10. The van der Waals surface area contributed by atoms with Crippen LogP contribution < -0.4 is 5.32 Å². The number of carbonyl (C=O) groups excluding carboxylic acids is 1. The van der Waals surface area contributed by atoms with Crippen molar-refractivity contribution < 1.29 is 13.6 Å². The number of carbonyl (C=O) groups is 1. The van der Waals surface area contributed by atoms with Crippen molar-refractivity contribution in [3.05, 3.63) is 35.4 Å². The Balaban J connectivity index is 2.82. The minimum atomic E-state index is -0.758. The molecule has 0 fully saturated rings. The summed E-state index contributed by atoms with van der Waals surface area (Å²) in [5.74, 6) is -2.00. The van der Waals surface area contributed by atoms with E-state index in [1.165, 1.54) is 0 Å². The van der Waals surface area contributed by atoms with Gasteiger partial charge in [0, 0.05) is 23.0 Å². The normalized spacial score (nSPS) is 12.3. The van der Waals surface area contributed by atoms with Gasteiger partial charge in [0.1, 0.15) is 11.6 Å². The van der Waals surface area contributed by atoms with E-state index >= 15 is 0 Å². The first-order valence-electron chi connectivity index (χ1n) is 4.36. The number of rotatable bonds is 3. The molecule has 0 saturated heterocycles. The topological polar surface area (TPSA) is 29.1 Å². The van der Waals surface area contributed by atoms with E-state index in [4.69, 9.17) is 0 Å². The molecule has 0 aromatic heterocycles. The Labute approximate surface area is 94.8 Å². The average molecular weight is 278 g/mol. The summed E-state index contributed by atoms with van der Waals surface area (Å²) < 4.78 is 25.6. The molecule has 1 amide bonds. The lowest BCUT2D eigenvalue weighted by molar-refractivity contribution is 0.0943. The van der Waals surface area contributed by atoms with Gasteiger partial charge in [-0.3, -0.25) is 4.79 Å². The first-order valence-corrected chi connectivity index (χ1v) is 5.48. The van der Waals surface area contributed by atoms with Crippen molar-refractivity contribution in [2.75, 3.05) is 5.33 Å². The quantitative estimate of drug-likeness (QED) is 0.845. The Morgan fingerprint density at radius 2 is 1.93 bits per heavy atom. The van der Waals surface area contributed by atoms with Crippen molar-refractivity contribution in [1.82, 2.24) is 5.32 Å². The van der Waals surface area contributed by atoms with E-state index in [0.717, 1.165) is 18.2 Å². The molecule has 1 unspecified atom stereocenters. The Bertz CT molecular complexity index is 350. The number of alkyl halides is 1. The summed E-state index contributed by atoms with van der Waals surface area (Å²) in [4.78, 5) is 11.5. The lowest BCUT2D eigenvalue weighted by atomic mass is 10.2. The van der Waals surface area contributed by atoms with Crippen LogP contribution in [-0.4, -0.2) is 17.3 Å². The number of hydrogen-bond donors (Lipinski definition) is 1. The van der Waals surface area contributed by atoms with E-state index in [1.54, 1.807) is 6.92 Å². The van der Waals surface area contributed by atoms with E-state index in [9.17, 15) is 13.6 Å². The fraction of sp³-hybridized carbons (Fsp3) is 0.300. The number of amides is 1. The third-order valence-corrected chi connectivity index (χ3v) is 2.70. The lowest BCUT2D eigenvalue weighted by Crippen LogP contribution is -2.33. The maximum absolute atomic E-state index is 12.8. The minimum Gasteiger partial charge on any atom is -0.349 e. The molecule has 0 heterocycles. The zero-order chi connectivity index (χ0) is 11.4. The zero-order valence-corrected chi connectivity index (χ0v) is 9.64. The summed E-state index contributed by atoms with van der Waals surface area (Å²) in [6, 6.07) is 2.63. The van der Waals surface area contributed by atoms with Gasteiger partial charge in [-0.1, -0.05) is 15.9 Å². The van der Waals surface area contributed by atoms with E-state index in [2.05, 4.69) is 21.2 Å². The summed E-state index contributed by atoms with van der Waals surface area (Å²) in [6.45, 7) is 1.78. The van der Waals surface area contributed by atoms with Crippen LogP contribution >= 0.6 is 15.9 Å². The van der Waals surface area contributed by atoms with E-state index in [0.29, 0.717) is 5.33 Å². The van der Waals surface area contributed by atoms with Gasteiger partial charge in [-0.15, -0.1) is 0 Å².